The second-order valence-corrected chi connectivity index (χ2v) is 4.79. The third-order valence-corrected chi connectivity index (χ3v) is 3.04. The summed E-state index contributed by atoms with van der Waals surface area (Å²) in [5, 5.41) is 12.4. The number of hydrogen-bond donors (Lipinski definition) is 1. The first-order chi connectivity index (χ1) is 9.02. The highest BCUT2D eigenvalue weighted by molar-refractivity contribution is 5.82. The average molecular weight is 262 g/mol. The Hall–Kier alpha value is -2.02. The fraction of sp³-hybridized carbons (Fsp3) is 0.500. The summed E-state index contributed by atoms with van der Waals surface area (Å²) >= 11 is 0. The van der Waals surface area contributed by atoms with Crippen molar-refractivity contribution in [3.8, 4) is 11.5 Å². The van der Waals surface area contributed by atoms with E-state index in [1.54, 1.807) is 4.80 Å². The Morgan fingerprint density at radius 3 is 2.68 bits per heavy atom. The molecule has 0 aliphatic heterocycles. The zero-order valence-electron chi connectivity index (χ0n) is 11.6. The highest BCUT2D eigenvalue weighted by Crippen LogP contribution is 2.22. The number of aromatic amines is 1. The molecule has 0 radical (unpaired) electrons. The molecule has 0 fully saturated rings. The molecular formula is C12H18N6O. The van der Waals surface area contributed by atoms with Crippen molar-refractivity contribution in [1.29, 1.82) is 0 Å². The molecule has 0 unspecified atom stereocenters. The Morgan fingerprint density at radius 2 is 2.11 bits per heavy atom. The van der Waals surface area contributed by atoms with E-state index in [0.29, 0.717) is 17.9 Å². The van der Waals surface area contributed by atoms with Gasteiger partial charge in [-0.2, -0.15) is 4.80 Å². The van der Waals surface area contributed by atoms with Crippen LogP contribution in [-0.4, -0.2) is 57.0 Å². The van der Waals surface area contributed by atoms with E-state index < -0.39 is 0 Å². The Labute approximate surface area is 111 Å². The van der Waals surface area contributed by atoms with Crippen molar-refractivity contribution >= 4 is 6.29 Å². The van der Waals surface area contributed by atoms with Gasteiger partial charge in [-0.1, -0.05) is 0 Å². The maximum absolute atomic E-state index is 11.0. The summed E-state index contributed by atoms with van der Waals surface area (Å²) in [4.78, 5) is 17.7. The standard InChI is InChI=1S/C12H18N6O/c1-8-10(7-19)9(2)13-11(8)12-14-16-18(15-12)6-5-17(3)4/h7,13H,5-6H2,1-4H3. The molecule has 102 valence electrons. The highest BCUT2D eigenvalue weighted by Gasteiger charge is 2.16. The minimum Gasteiger partial charge on any atom is -0.355 e. The minimum absolute atomic E-state index is 0.521. The molecule has 7 nitrogen and oxygen atoms in total. The molecule has 7 heteroatoms. The van der Waals surface area contributed by atoms with Gasteiger partial charge in [-0.05, 0) is 38.7 Å². The number of nitrogens with one attached hydrogen (secondary N) is 1. The highest BCUT2D eigenvalue weighted by atomic mass is 16.1. The smallest absolute Gasteiger partial charge is 0.221 e. The SMILES string of the molecule is Cc1[nH]c(-c2nnn(CCN(C)C)n2)c(C)c1C=O. The lowest BCUT2D eigenvalue weighted by Gasteiger charge is -2.06. The Kier molecular flexibility index (Phi) is 3.75. The average Bonchev–Trinajstić information content (AvgIpc) is 2.92. The van der Waals surface area contributed by atoms with Crippen LogP contribution in [0.2, 0.25) is 0 Å². The fourth-order valence-corrected chi connectivity index (χ4v) is 1.89. The lowest BCUT2D eigenvalue weighted by molar-refractivity contribution is 0.112. The van der Waals surface area contributed by atoms with Crippen molar-refractivity contribution in [2.75, 3.05) is 20.6 Å². The molecule has 2 heterocycles. The molecule has 0 bridgehead atoms. The van der Waals surface area contributed by atoms with Gasteiger partial charge in [0, 0.05) is 17.8 Å². The molecule has 0 saturated carbocycles. The summed E-state index contributed by atoms with van der Waals surface area (Å²) in [5.74, 6) is 0.521. The number of nitrogens with zero attached hydrogens (tertiary/aromatic N) is 5. The number of carbonyl (C=O) groups excluding carboxylic acids is 1. The predicted octanol–water partition coefficient (Wildman–Crippen LogP) is 0.659. The maximum Gasteiger partial charge on any atom is 0.221 e. The van der Waals surface area contributed by atoms with Crippen molar-refractivity contribution in [2.24, 2.45) is 0 Å². The molecule has 1 N–H and O–H groups in total. The van der Waals surface area contributed by atoms with Gasteiger partial charge in [0.05, 0.1) is 12.2 Å². The van der Waals surface area contributed by atoms with Gasteiger partial charge in [-0.3, -0.25) is 4.79 Å². The largest absolute Gasteiger partial charge is 0.355 e. The number of rotatable bonds is 5. The second kappa shape index (κ2) is 5.31. The molecule has 0 atom stereocenters. The van der Waals surface area contributed by atoms with E-state index in [9.17, 15) is 4.79 Å². The maximum atomic E-state index is 11.0. The van der Waals surface area contributed by atoms with Crippen LogP contribution >= 0.6 is 0 Å². The van der Waals surface area contributed by atoms with Crippen molar-refractivity contribution in [3.63, 3.8) is 0 Å². The van der Waals surface area contributed by atoms with Crippen molar-refractivity contribution in [1.82, 2.24) is 30.1 Å². The summed E-state index contributed by atoms with van der Waals surface area (Å²) in [5.41, 5.74) is 3.11. The molecule has 0 amide bonds. The van der Waals surface area contributed by atoms with Crippen LogP contribution < -0.4 is 0 Å². The van der Waals surface area contributed by atoms with Gasteiger partial charge in [-0.25, -0.2) is 0 Å². The van der Waals surface area contributed by atoms with Gasteiger partial charge >= 0.3 is 0 Å². The zero-order chi connectivity index (χ0) is 14.0. The van der Waals surface area contributed by atoms with Gasteiger partial charge in [-0.15, -0.1) is 10.2 Å². The van der Waals surface area contributed by atoms with Crippen LogP contribution in [0.5, 0.6) is 0 Å². The van der Waals surface area contributed by atoms with Gasteiger partial charge in [0.2, 0.25) is 5.82 Å². The molecule has 0 aliphatic rings. The molecule has 2 aromatic rings. The van der Waals surface area contributed by atoms with Crippen LogP contribution in [0.1, 0.15) is 21.6 Å². The van der Waals surface area contributed by atoms with Gasteiger partial charge < -0.3 is 9.88 Å². The first kappa shape index (κ1) is 13.4. The molecule has 0 saturated heterocycles. The van der Waals surface area contributed by atoms with Gasteiger partial charge in [0.15, 0.2) is 6.29 Å². The van der Waals surface area contributed by atoms with E-state index in [1.165, 1.54) is 0 Å². The number of tetrazole rings is 1. The van der Waals surface area contributed by atoms with Crippen molar-refractivity contribution in [2.45, 2.75) is 20.4 Å². The van der Waals surface area contributed by atoms with Crippen LogP contribution in [0.4, 0.5) is 0 Å². The van der Waals surface area contributed by atoms with Gasteiger partial charge in [0.1, 0.15) is 0 Å². The van der Waals surface area contributed by atoms with E-state index in [2.05, 4.69) is 25.3 Å². The normalized spacial score (nSPS) is 11.2. The number of hydrogen-bond acceptors (Lipinski definition) is 5. The number of aldehydes is 1. The Bertz CT molecular complexity index is 583. The number of H-pyrrole nitrogens is 1. The van der Waals surface area contributed by atoms with E-state index in [-0.39, 0.29) is 0 Å². The quantitative estimate of drug-likeness (QED) is 0.801. The third kappa shape index (κ3) is 2.70. The molecule has 2 aromatic heterocycles. The van der Waals surface area contributed by atoms with Crippen molar-refractivity contribution in [3.05, 3.63) is 16.8 Å². The van der Waals surface area contributed by atoms with Crippen LogP contribution in [-0.2, 0) is 6.54 Å². The Balaban J connectivity index is 2.25. The minimum atomic E-state index is 0.521. The van der Waals surface area contributed by atoms with E-state index >= 15 is 0 Å². The topological polar surface area (TPSA) is 79.7 Å². The summed E-state index contributed by atoms with van der Waals surface area (Å²) < 4.78 is 0. The lowest BCUT2D eigenvalue weighted by Crippen LogP contribution is -2.19. The Morgan fingerprint density at radius 1 is 1.37 bits per heavy atom. The molecule has 2 rings (SSSR count). The first-order valence-corrected chi connectivity index (χ1v) is 6.10. The van der Waals surface area contributed by atoms with E-state index in [0.717, 1.165) is 29.8 Å². The number of likely N-dealkylation sites (N-methyl/N-ethyl adjacent to an activating group) is 1. The molecule has 0 aromatic carbocycles. The third-order valence-electron chi connectivity index (χ3n) is 3.04. The van der Waals surface area contributed by atoms with E-state index in [1.807, 2.05) is 27.9 Å². The number of carbonyl (C=O) groups is 1. The van der Waals surface area contributed by atoms with E-state index in [4.69, 9.17) is 0 Å². The van der Waals surface area contributed by atoms with Crippen molar-refractivity contribution < 1.29 is 4.79 Å². The molecule has 0 spiro atoms. The van der Waals surface area contributed by atoms with Crippen LogP contribution in [0, 0.1) is 13.8 Å². The monoisotopic (exact) mass is 262 g/mol. The molecule has 0 aliphatic carbocycles. The van der Waals surface area contributed by atoms with Crippen LogP contribution in [0.15, 0.2) is 0 Å². The summed E-state index contributed by atoms with van der Waals surface area (Å²) in [7, 11) is 3.99. The summed E-state index contributed by atoms with van der Waals surface area (Å²) in [6.07, 6.45) is 0.848. The van der Waals surface area contributed by atoms with Crippen LogP contribution in [0.3, 0.4) is 0 Å². The first-order valence-electron chi connectivity index (χ1n) is 6.10. The second-order valence-electron chi connectivity index (χ2n) is 4.79. The molecular weight excluding hydrogens is 244 g/mol. The summed E-state index contributed by atoms with van der Waals surface area (Å²) in [6, 6.07) is 0. The number of aromatic nitrogens is 5. The van der Waals surface area contributed by atoms with Crippen LogP contribution in [0.25, 0.3) is 11.5 Å². The predicted molar refractivity (Wildman–Crippen MR) is 71.0 cm³/mol. The number of aryl methyl sites for hydroxylation is 1. The zero-order valence-corrected chi connectivity index (χ0v) is 11.6. The van der Waals surface area contributed by atoms with Gasteiger partial charge in [0.25, 0.3) is 0 Å². The summed E-state index contributed by atoms with van der Waals surface area (Å²) in [6.45, 7) is 5.26. The molecule has 19 heavy (non-hydrogen) atoms. The fourth-order valence-electron chi connectivity index (χ4n) is 1.89. The lowest BCUT2D eigenvalue weighted by atomic mass is 10.1.